The van der Waals surface area contributed by atoms with E-state index in [1.54, 1.807) is 10.6 Å². The van der Waals surface area contributed by atoms with Gasteiger partial charge in [-0.15, -0.1) is 6.42 Å². The Morgan fingerprint density at radius 2 is 2.25 bits per heavy atom. The van der Waals surface area contributed by atoms with E-state index < -0.39 is 15.4 Å². The first kappa shape index (κ1) is 12.7. The molecule has 2 heterocycles. The van der Waals surface area contributed by atoms with Crippen LogP contribution in [0.5, 0.6) is 0 Å². The van der Waals surface area contributed by atoms with Gasteiger partial charge in [0.05, 0.1) is 15.8 Å². The van der Waals surface area contributed by atoms with Crippen molar-refractivity contribution < 1.29 is 8.42 Å². The van der Waals surface area contributed by atoms with Gasteiger partial charge in [-0.3, -0.25) is 9.36 Å². The van der Waals surface area contributed by atoms with Gasteiger partial charge in [0.1, 0.15) is 6.04 Å². The molecule has 102 valence electrons. The predicted octanol–water partition coefficient (Wildman–Crippen LogP) is 0.400. The highest BCUT2D eigenvalue weighted by atomic mass is 32.2. The molecule has 1 aromatic heterocycles. The van der Waals surface area contributed by atoms with E-state index in [0.717, 1.165) is 6.26 Å². The van der Waals surface area contributed by atoms with Crippen LogP contribution in [0, 0.1) is 12.3 Å². The molecule has 3 rings (SSSR count). The largest absolute Gasteiger partial charge is 0.352 e. The number of anilines is 1. The number of nitrogens with one attached hydrogen (secondary N) is 1. The first-order valence-corrected chi connectivity index (χ1v) is 7.77. The highest BCUT2D eigenvalue weighted by molar-refractivity contribution is 7.90. The molecule has 0 aliphatic carbocycles. The summed E-state index contributed by atoms with van der Waals surface area (Å²) < 4.78 is 24.9. The zero-order valence-electron chi connectivity index (χ0n) is 10.6. The van der Waals surface area contributed by atoms with Crippen LogP contribution in [0.2, 0.25) is 0 Å². The van der Waals surface area contributed by atoms with Crippen molar-refractivity contribution in [1.29, 1.82) is 0 Å². The molecule has 0 fully saturated rings. The molecule has 6 nitrogen and oxygen atoms in total. The summed E-state index contributed by atoms with van der Waals surface area (Å²) >= 11 is 0. The number of terminal acetylenes is 1. The SMILES string of the molecule is C#C[C@@H]1CNc2nc(=O)c3cc(S(C)(=O)=O)ccc3n21. The van der Waals surface area contributed by atoms with Gasteiger partial charge in [-0.2, -0.15) is 4.98 Å². The summed E-state index contributed by atoms with van der Waals surface area (Å²) in [6.45, 7) is 0.496. The summed E-state index contributed by atoms with van der Waals surface area (Å²) in [4.78, 5) is 16.0. The number of hydrogen-bond donors (Lipinski definition) is 1. The molecule has 2 aromatic rings. The maximum atomic E-state index is 12.0. The van der Waals surface area contributed by atoms with E-state index in [1.807, 2.05) is 0 Å². The lowest BCUT2D eigenvalue weighted by molar-refractivity contribution is 0.602. The van der Waals surface area contributed by atoms with Gasteiger partial charge in [-0.25, -0.2) is 8.42 Å². The maximum Gasteiger partial charge on any atom is 0.282 e. The Labute approximate surface area is 115 Å². The van der Waals surface area contributed by atoms with E-state index in [9.17, 15) is 13.2 Å². The van der Waals surface area contributed by atoms with Crippen LogP contribution in [0.1, 0.15) is 6.04 Å². The molecule has 0 bridgehead atoms. The average Bonchev–Trinajstić information content (AvgIpc) is 2.80. The fraction of sp³-hybridized carbons (Fsp3) is 0.231. The summed E-state index contributed by atoms with van der Waals surface area (Å²) in [5.41, 5.74) is 0.113. The van der Waals surface area contributed by atoms with Gasteiger partial charge < -0.3 is 5.32 Å². The molecule has 1 atom stereocenters. The van der Waals surface area contributed by atoms with Crippen molar-refractivity contribution >= 4 is 26.7 Å². The minimum absolute atomic E-state index is 0.0904. The lowest BCUT2D eigenvalue weighted by atomic mass is 10.2. The third kappa shape index (κ3) is 1.77. The van der Waals surface area contributed by atoms with E-state index in [0.29, 0.717) is 18.0 Å². The molecule has 20 heavy (non-hydrogen) atoms. The molecule has 0 saturated heterocycles. The maximum absolute atomic E-state index is 12.0. The second-order valence-electron chi connectivity index (χ2n) is 4.63. The Balaban J connectivity index is 2.41. The fourth-order valence-corrected chi connectivity index (χ4v) is 2.95. The molecular weight excluding hydrogens is 278 g/mol. The quantitative estimate of drug-likeness (QED) is 0.769. The zero-order valence-corrected chi connectivity index (χ0v) is 11.4. The Morgan fingerprint density at radius 1 is 1.50 bits per heavy atom. The number of hydrogen-bond acceptors (Lipinski definition) is 5. The summed E-state index contributed by atoms with van der Waals surface area (Å²) in [7, 11) is -3.38. The number of nitrogens with zero attached hydrogens (tertiary/aromatic N) is 2. The Kier molecular flexibility index (Phi) is 2.59. The standard InChI is InChI=1S/C13H11N3O3S/c1-3-8-7-14-13-15-12(17)10-6-9(20(2,18)19)4-5-11(10)16(8)13/h1,4-6,8H,7H2,2H3,(H,14,15,17)/t8-/m1/s1. The van der Waals surface area contributed by atoms with Crippen molar-refractivity contribution in [2.75, 3.05) is 18.1 Å². The molecule has 1 aliphatic heterocycles. The third-order valence-corrected chi connectivity index (χ3v) is 4.39. The lowest BCUT2D eigenvalue weighted by Crippen LogP contribution is -2.14. The normalized spacial score (nSPS) is 17.5. The fourth-order valence-electron chi connectivity index (χ4n) is 2.30. The number of aromatic nitrogens is 2. The van der Waals surface area contributed by atoms with Crippen molar-refractivity contribution in [2.24, 2.45) is 0 Å². The number of sulfone groups is 1. The van der Waals surface area contributed by atoms with E-state index in [2.05, 4.69) is 16.2 Å². The van der Waals surface area contributed by atoms with Crippen molar-refractivity contribution in [3.8, 4) is 12.3 Å². The van der Waals surface area contributed by atoms with Crippen LogP contribution in [-0.4, -0.2) is 30.8 Å². The minimum atomic E-state index is -3.38. The molecule has 0 saturated carbocycles. The molecular formula is C13H11N3O3S. The summed E-state index contributed by atoms with van der Waals surface area (Å²) in [5.74, 6) is 3.03. The summed E-state index contributed by atoms with van der Waals surface area (Å²) in [6.07, 6.45) is 6.56. The molecule has 0 amide bonds. The molecule has 7 heteroatoms. The van der Waals surface area contributed by atoms with Crippen LogP contribution in [0.15, 0.2) is 27.9 Å². The van der Waals surface area contributed by atoms with E-state index in [-0.39, 0.29) is 16.3 Å². The van der Waals surface area contributed by atoms with Gasteiger partial charge in [0.25, 0.3) is 5.56 Å². The summed E-state index contributed by atoms with van der Waals surface area (Å²) in [5, 5.41) is 3.22. The highest BCUT2D eigenvalue weighted by Gasteiger charge is 2.23. The summed E-state index contributed by atoms with van der Waals surface area (Å²) in [6, 6.07) is 4.16. The van der Waals surface area contributed by atoms with E-state index in [4.69, 9.17) is 6.42 Å². The van der Waals surface area contributed by atoms with Crippen LogP contribution in [-0.2, 0) is 9.84 Å². The zero-order chi connectivity index (χ0) is 14.5. The first-order valence-electron chi connectivity index (χ1n) is 5.88. The molecule has 1 aliphatic rings. The van der Waals surface area contributed by atoms with Gasteiger partial charge >= 0.3 is 0 Å². The van der Waals surface area contributed by atoms with Gasteiger partial charge in [0.2, 0.25) is 5.95 Å². The second kappa shape index (κ2) is 4.08. The van der Waals surface area contributed by atoms with Crippen molar-refractivity contribution in [3.05, 3.63) is 28.6 Å². The Morgan fingerprint density at radius 3 is 2.90 bits per heavy atom. The van der Waals surface area contributed by atoms with Crippen LogP contribution in [0.3, 0.4) is 0 Å². The van der Waals surface area contributed by atoms with Crippen LogP contribution in [0.4, 0.5) is 5.95 Å². The third-order valence-electron chi connectivity index (χ3n) is 3.28. The van der Waals surface area contributed by atoms with Gasteiger partial charge in [0, 0.05) is 12.8 Å². The predicted molar refractivity (Wildman–Crippen MR) is 75.5 cm³/mol. The smallest absolute Gasteiger partial charge is 0.282 e. The first-order chi connectivity index (χ1) is 9.41. The van der Waals surface area contributed by atoms with Gasteiger partial charge in [0.15, 0.2) is 9.84 Å². The van der Waals surface area contributed by atoms with E-state index >= 15 is 0 Å². The second-order valence-corrected chi connectivity index (χ2v) is 6.64. The Hall–Kier alpha value is -2.33. The topological polar surface area (TPSA) is 81.1 Å². The lowest BCUT2D eigenvalue weighted by Gasteiger charge is -2.11. The molecule has 0 radical (unpaired) electrons. The Bertz CT molecular complexity index is 922. The van der Waals surface area contributed by atoms with Crippen molar-refractivity contribution in [1.82, 2.24) is 9.55 Å². The molecule has 0 unspecified atom stereocenters. The van der Waals surface area contributed by atoms with Crippen molar-refractivity contribution in [3.63, 3.8) is 0 Å². The molecule has 0 spiro atoms. The number of benzene rings is 1. The molecule has 1 N–H and O–H groups in total. The van der Waals surface area contributed by atoms with Crippen LogP contribution >= 0.6 is 0 Å². The highest BCUT2D eigenvalue weighted by Crippen LogP contribution is 2.26. The monoisotopic (exact) mass is 289 g/mol. The number of fused-ring (bicyclic) bond motifs is 3. The van der Waals surface area contributed by atoms with E-state index in [1.165, 1.54) is 12.1 Å². The molecule has 1 aromatic carbocycles. The van der Waals surface area contributed by atoms with Crippen molar-refractivity contribution in [2.45, 2.75) is 10.9 Å². The average molecular weight is 289 g/mol. The number of rotatable bonds is 1. The minimum Gasteiger partial charge on any atom is -0.352 e. The van der Waals surface area contributed by atoms with Gasteiger partial charge in [-0.05, 0) is 18.2 Å². The van der Waals surface area contributed by atoms with Crippen LogP contribution < -0.4 is 10.9 Å². The van der Waals surface area contributed by atoms with Gasteiger partial charge in [-0.1, -0.05) is 5.92 Å². The van der Waals surface area contributed by atoms with Crippen LogP contribution in [0.25, 0.3) is 10.9 Å².